The van der Waals surface area contributed by atoms with Gasteiger partial charge in [0, 0.05) is 6.42 Å². The molecular weight excluding hydrogens is 758 g/mol. The highest BCUT2D eigenvalue weighted by atomic mass is 31.2. The molecule has 9 heteroatoms. The lowest BCUT2D eigenvalue weighted by molar-refractivity contribution is -0.870. The van der Waals surface area contributed by atoms with Crippen LogP contribution >= 0.6 is 7.82 Å². The summed E-state index contributed by atoms with van der Waals surface area (Å²) >= 11 is 0. The fourth-order valence-electron chi connectivity index (χ4n) is 4.91. The Morgan fingerprint density at radius 3 is 1.32 bits per heavy atom. The first-order valence-corrected chi connectivity index (χ1v) is 23.4. The number of likely N-dealkylation sites (N-methyl/N-ethyl adjacent to an activating group) is 1. The molecule has 59 heavy (non-hydrogen) atoms. The molecule has 0 aromatic carbocycles. The smallest absolute Gasteiger partial charge is 0.457 e. The molecule has 2 atom stereocenters. The molecule has 0 bridgehead atoms. The number of carbonyl (C=O) groups is 1. The van der Waals surface area contributed by atoms with Crippen molar-refractivity contribution in [3.8, 4) is 0 Å². The Morgan fingerprint density at radius 2 is 0.915 bits per heavy atom. The molecule has 0 saturated heterocycles. The van der Waals surface area contributed by atoms with Crippen LogP contribution in [0.2, 0.25) is 0 Å². The van der Waals surface area contributed by atoms with Crippen LogP contribution in [0.3, 0.4) is 0 Å². The first-order valence-electron chi connectivity index (χ1n) is 21.9. The third kappa shape index (κ3) is 45.6. The number of phosphoric ester groups is 1. The maximum Gasteiger partial charge on any atom is 0.472 e. The molecule has 0 aromatic rings. The molecule has 332 valence electrons. The van der Waals surface area contributed by atoms with Crippen molar-refractivity contribution in [2.24, 2.45) is 0 Å². The molecule has 0 fully saturated rings. The lowest BCUT2D eigenvalue weighted by Gasteiger charge is -2.24. The third-order valence-electron chi connectivity index (χ3n) is 8.23. The molecule has 0 saturated carbocycles. The predicted octanol–water partition coefficient (Wildman–Crippen LogP) is 13.2. The standard InChI is InChI=1S/C50H80NO7P/c1-6-8-10-12-14-16-18-20-22-24-25-26-27-28-29-31-33-35-37-39-41-43-50(52)58-49(48-57-59(53,54)56-46-44-51(3,4)5)47-55-45-42-40-38-36-34-32-30-23-21-19-17-15-13-11-9-7-2/h8-11,14-17,20-23,25-26,28-29,32-35,38,40,49H,6-7,12-13,18-19,24,27,30-31,36-37,39,41-48H2,1-5H3/p+1/b10-8-,11-9-,16-14-,17-15-,22-20-,23-21-,26-25-,29-28-,34-32-,35-33-,40-38-. The zero-order chi connectivity index (χ0) is 43.4. The lowest BCUT2D eigenvalue weighted by Crippen LogP contribution is -2.37. The van der Waals surface area contributed by atoms with Gasteiger partial charge in [-0.3, -0.25) is 13.8 Å². The van der Waals surface area contributed by atoms with Crippen LogP contribution in [0, 0.1) is 0 Å². The van der Waals surface area contributed by atoms with E-state index in [2.05, 4.69) is 148 Å². The summed E-state index contributed by atoms with van der Waals surface area (Å²) in [6.07, 6.45) is 60.9. The van der Waals surface area contributed by atoms with E-state index in [1.165, 1.54) is 0 Å². The number of hydrogen-bond acceptors (Lipinski definition) is 6. The number of unbranched alkanes of at least 4 members (excludes halogenated alkanes) is 2. The molecule has 2 unspecified atom stereocenters. The number of rotatable bonds is 38. The zero-order valence-corrected chi connectivity index (χ0v) is 38.3. The number of allylic oxidation sites excluding steroid dienone is 21. The molecule has 0 radical (unpaired) electrons. The van der Waals surface area contributed by atoms with Crippen LogP contribution in [0.1, 0.15) is 117 Å². The maximum absolute atomic E-state index is 12.7. The molecule has 0 amide bonds. The number of carbonyl (C=O) groups excluding carboxylic acids is 1. The van der Waals surface area contributed by atoms with Crippen molar-refractivity contribution in [3.05, 3.63) is 134 Å². The molecule has 0 aliphatic carbocycles. The maximum atomic E-state index is 12.7. The monoisotopic (exact) mass is 839 g/mol. The Labute approximate surface area is 360 Å². The number of phosphoric acid groups is 1. The number of ether oxygens (including phenoxy) is 2. The summed E-state index contributed by atoms with van der Waals surface area (Å²) in [7, 11) is 1.56. The highest BCUT2D eigenvalue weighted by Crippen LogP contribution is 2.43. The average Bonchev–Trinajstić information content (AvgIpc) is 3.19. The van der Waals surface area contributed by atoms with Gasteiger partial charge in [-0.25, -0.2) is 4.57 Å². The molecule has 0 aliphatic rings. The molecule has 8 nitrogen and oxygen atoms in total. The van der Waals surface area contributed by atoms with E-state index in [1.807, 2.05) is 21.1 Å². The second-order valence-electron chi connectivity index (χ2n) is 15.0. The highest BCUT2D eigenvalue weighted by molar-refractivity contribution is 7.47. The van der Waals surface area contributed by atoms with E-state index in [9.17, 15) is 14.3 Å². The number of quaternary nitrogens is 1. The van der Waals surface area contributed by atoms with Gasteiger partial charge in [0.05, 0.1) is 41.0 Å². The minimum Gasteiger partial charge on any atom is -0.457 e. The van der Waals surface area contributed by atoms with Crippen LogP contribution in [-0.4, -0.2) is 75.6 Å². The summed E-state index contributed by atoms with van der Waals surface area (Å²) in [5, 5.41) is 0. The van der Waals surface area contributed by atoms with Crippen LogP contribution in [0.5, 0.6) is 0 Å². The van der Waals surface area contributed by atoms with Gasteiger partial charge >= 0.3 is 13.8 Å². The van der Waals surface area contributed by atoms with E-state index in [-0.39, 0.29) is 32.2 Å². The van der Waals surface area contributed by atoms with Crippen LogP contribution in [0.15, 0.2) is 134 Å². The normalized spacial score (nSPS) is 15.0. The summed E-state index contributed by atoms with van der Waals surface area (Å²) in [5.41, 5.74) is 0. The van der Waals surface area contributed by atoms with E-state index >= 15 is 0 Å². The number of nitrogens with zero attached hydrogens (tertiary/aromatic N) is 1. The van der Waals surface area contributed by atoms with Crippen molar-refractivity contribution in [3.63, 3.8) is 0 Å². The molecule has 1 N–H and O–H groups in total. The molecule has 0 rings (SSSR count). The van der Waals surface area contributed by atoms with E-state index < -0.39 is 13.9 Å². The summed E-state index contributed by atoms with van der Waals surface area (Å²) in [6.45, 7) is 5.04. The molecule has 0 aromatic heterocycles. The fourth-order valence-corrected chi connectivity index (χ4v) is 5.65. The van der Waals surface area contributed by atoms with Crippen molar-refractivity contribution in [2.45, 2.75) is 123 Å². The Hall–Kier alpha value is -3.36. The van der Waals surface area contributed by atoms with Gasteiger partial charge in [0.25, 0.3) is 0 Å². The molecule has 0 spiro atoms. The van der Waals surface area contributed by atoms with Gasteiger partial charge < -0.3 is 18.9 Å². The molecule has 0 aliphatic heterocycles. The lowest BCUT2D eigenvalue weighted by atomic mass is 10.2. The Morgan fingerprint density at radius 1 is 0.525 bits per heavy atom. The predicted molar refractivity (Wildman–Crippen MR) is 251 cm³/mol. The average molecular weight is 839 g/mol. The number of esters is 1. The van der Waals surface area contributed by atoms with Crippen molar-refractivity contribution >= 4 is 13.8 Å². The summed E-state index contributed by atoms with van der Waals surface area (Å²) in [4.78, 5) is 22.9. The van der Waals surface area contributed by atoms with Crippen molar-refractivity contribution in [1.82, 2.24) is 0 Å². The van der Waals surface area contributed by atoms with Gasteiger partial charge in [-0.05, 0) is 96.3 Å². The van der Waals surface area contributed by atoms with E-state index in [4.69, 9.17) is 18.5 Å². The van der Waals surface area contributed by atoms with Gasteiger partial charge in [0.1, 0.15) is 19.3 Å². The zero-order valence-electron chi connectivity index (χ0n) is 37.4. The fraction of sp³-hybridized carbons (Fsp3) is 0.540. The van der Waals surface area contributed by atoms with Crippen LogP contribution in [0.25, 0.3) is 0 Å². The first-order chi connectivity index (χ1) is 28.6. The minimum absolute atomic E-state index is 0.0495. The minimum atomic E-state index is -4.32. The second kappa shape index (κ2) is 41.4. The van der Waals surface area contributed by atoms with Gasteiger partial charge in [-0.1, -0.05) is 148 Å². The largest absolute Gasteiger partial charge is 0.472 e. The van der Waals surface area contributed by atoms with E-state index in [0.717, 1.165) is 83.5 Å². The Kier molecular flexibility index (Phi) is 39.0. The summed E-state index contributed by atoms with van der Waals surface area (Å²) < 4.78 is 34.8. The summed E-state index contributed by atoms with van der Waals surface area (Å²) in [6, 6.07) is 0. The van der Waals surface area contributed by atoms with E-state index in [1.54, 1.807) is 0 Å². The Bertz CT molecular complexity index is 1390. The van der Waals surface area contributed by atoms with Crippen LogP contribution < -0.4 is 0 Å². The highest BCUT2D eigenvalue weighted by Gasteiger charge is 2.26. The van der Waals surface area contributed by atoms with Crippen molar-refractivity contribution in [2.75, 3.05) is 54.1 Å². The van der Waals surface area contributed by atoms with Gasteiger partial charge in [0.15, 0.2) is 0 Å². The van der Waals surface area contributed by atoms with Gasteiger partial charge in [0.2, 0.25) is 0 Å². The quantitative estimate of drug-likeness (QED) is 0.0218. The van der Waals surface area contributed by atoms with Gasteiger partial charge in [-0.2, -0.15) is 0 Å². The van der Waals surface area contributed by atoms with Crippen LogP contribution in [-0.2, 0) is 27.9 Å². The van der Waals surface area contributed by atoms with Crippen molar-refractivity contribution in [1.29, 1.82) is 0 Å². The van der Waals surface area contributed by atoms with Gasteiger partial charge in [-0.15, -0.1) is 0 Å². The van der Waals surface area contributed by atoms with E-state index in [0.29, 0.717) is 30.5 Å². The molecular formula is C50H81NO7P+. The third-order valence-corrected chi connectivity index (χ3v) is 9.21. The second-order valence-corrected chi connectivity index (χ2v) is 16.4. The van der Waals surface area contributed by atoms with Crippen LogP contribution in [0.4, 0.5) is 0 Å². The Balaban J connectivity index is 4.48. The first kappa shape index (κ1) is 55.6. The number of hydrogen-bond donors (Lipinski definition) is 1. The summed E-state index contributed by atoms with van der Waals surface area (Å²) in [5.74, 6) is -0.387. The SMILES string of the molecule is CC/C=C\C/C=C\C/C=C\C/C=C\C/C=C\C/C=C\CCCCC(=O)OC(COCC/C=C\C/C=C\C/C=C\C/C=C\C/C=C\CC)COP(=O)(O)OCC[N+](C)(C)C. The molecule has 0 heterocycles. The topological polar surface area (TPSA) is 91.3 Å². The van der Waals surface area contributed by atoms with Crippen molar-refractivity contribution < 1.29 is 37.3 Å².